The van der Waals surface area contributed by atoms with Crippen LogP contribution in [0.4, 0.5) is 4.79 Å². The Kier molecular flexibility index (Phi) is 5.62. The Labute approximate surface area is 145 Å². The SMILES string of the molecule is COC(=O)C[C@@H]1C(=O)NCCN1C(=O)NS(=O)(=O)c1ccc(C)cc1. The molecule has 2 rings (SSSR count). The summed E-state index contributed by atoms with van der Waals surface area (Å²) in [6.07, 6.45) is -0.361. The molecular weight excluding hydrogens is 350 g/mol. The van der Waals surface area contributed by atoms with E-state index in [0.29, 0.717) is 0 Å². The molecule has 0 spiro atoms. The molecule has 1 atom stereocenters. The summed E-state index contributed by atoms with van der Waals surface area (Å²) in [5.41, 5.74) is 0.871. The largest absolute Gasteiger partial charge is 0.469 e. The highest BCUT2D eigenvalue weighted by Gasteiger charge is 2.36. The van der Waals surface area contributed by atoms with Crippen molar-refractivity contribution in [1.29, 1.82) is 0 Å². The van der Waals surface area contributed by atoms with Crippen molar-refractivity contribution in [3.63, 3.8) is 0 Å². The van der Waals surface area contributed by atoms with Gasteiger partial charge in [-0.05, 0) is 19.1 Å². The molecule has 136 valence electrons. The van der Waals surface area contributed by atoms with Gasteiger partial charge >= 0.3 is 12.0 Å². The van der Waals surface area contributed by atoms with Crippen molar-refractivity contribution >= 4 is 27.9 Å². The maximum Gasteiger partial charge on any atom is 0.332 e. The minimum absolute atomic E-state index is 0.0718. The molecule has 1 saturated heterocycles. The predicted molar refractivity (Wildman–Crippen MR) is 87.0 cm³/mol. The Balaban J connectivity index is 2.17. The first-order chi connectivity index (χ1) is 11.7. The molecule has 0 aromatic heterocycles. The lowest BCUT2D eigenvalue weighted by molar-refractivity contribution is -0.145. The molecule has 0 bridgehead atoms. The van der Waals surface area contributed by atoms with E-state index in [0.717, 1.165) is 17.6 Å². The van der Waals surface area contributed by atoms with Gasteiger partial charge in [0.25, 0.3) is 10.0 Å². The van der Waals surface area contributed by atoms with E-state index in [9.17, 15) is 22.8 Å². The second kappa shape index (κ2) is 7.51. The number of rotatable bonds is 4. The highest BCUT2D eigenvalue weighted by atomic mass is 32.2. The van der Waals surface area contributed by atoms with Gasteiger partial charge in [-0.3, -0.25) is 9.59 Å². The highest BCUT2D eigenvalue weighted by Crippen LogP contribution is 2.13. The summed E-state index contributed by atoms with van der Waals surface area (Å²) < 4.78 is 31.1. The van der Waals surface area contributed by atoms with Crippen molar-refractivity contribution < 1.29 is 27.5 Å². The number of aryl methyl sites for hydroxylation is 1. The fraction of sp³-hybridized carbons (Fsp3) is 0.400. The number of benzene rings is 1. The number of carbonyl (C=O) groups excluding carboxylic acids is 3. The number of piperazine rings is 1. The lowest BCUT2D eigenvalue weighted by Gasteiger charge is -2.34. The first kappa shape index (κ1) is 18.7. The van der Waals surface area contributed by atoms with Gasteiger partial charge in [0.1, 0.15) is 6.04 Å². The first-order valence-electron chi connectivity index (χ1n) is 7.49. The number of ether oxygens (including phenoxy) is 1. The van der Waals surface area contributed by atoms with E-state index in [1.807, 2.05) is 4.72 Å². The summed E-state index contributed by atoms with van der Waals surface area (Å²) in [5.74, 6) is -1.22. The topological polar surface area (TPSA) is 122 Å². The Hall–Kier alpha value is -2.62. The van der Waals surface area contributed by atoms with Gasteiger partial charge < -0.3 is 15.0 Å². The van der Waals surface area contributed by atoms with Crippen molar-refractivity contribution in [2.75, 3.05) is 20.2 Å². The number of esters is 1. The number of carbonyl (C=O) groups is 3. The van der Waals surface area contributed by atoms with Gasteiger partial charge in [0.2, 0.25) is 5.91 Å². The zero-order valence-corrected chi connectivity index (χ0v) is 14.6. The van der Waals surface area contributed by atoms with Crippen LogP contribution in [0.3, 0.4) is 0 Å². The number of urea groups is 1. The van der Waals surface area contributed by atoms with Crippen LogP contribution >= 0.6 is 0 Å². The maximum absolute atomic E-state index is 12.4. The smallest absolute Gasteiger partial charge is 0.332 e. The van der Waals surface area contributed by atoms with Gasteiger partial charge in [0.15, 0.2) is 0 Å². The summed E-state index contributed by atoms with van der Waals surface area (Å²) in [7, 11) is -2.93. The number of sulfonamides is 1. The summed E-state index contributed by atoms with van der Waals surface area (Å²) in [4.78, 5) is 36.7. The van der Waals surface area contributed by atoms with Gasteiger partial charge in [-0.2, -0.15) is 0 Å². The number of hydrogen-bond acceptors (Lipinski definition) is 6. The zero-order valence-electron chi connectivity index (χ0n) is 13.8. The third kappa shape index (κ3) is 4.47. The average Bonchev–Trinajstić information content (AvgIpc) is 2.56. The number of methoxy groups -OCH3 is 1. The van der Waals surface area contributed by atoms with E-state index in [-0.39, 0.29) is 24.4 Å². The molecule has 3 amide bonds. The molecule has 1 heterocycles. The molecule has 0 radical (unpaired) electrons. The molecule has 1 aliphatic heterocycles. The van der Waals surface area contributed by atoms with Crippen LogP contribution in [0.5, 0.6) is 0 Å². The zero-order chi connectivity index (χ0) is 18.6. The Bertz CT molecular complexity index is 775. The number of nitrogens with zero attached hydrogens (tertiary/aromatic N) is 1. The van der Waals surface area contributed by atoms with E-state index in [1.165, 1.54) is 12.1 Å². The second-order valence-corrected chi connectivity index (χ2v) is 7.19. The first-order valence-corrected chi connectivity index (χ1v) is 8.97. The van der Waals surface area contributed by atoms with Crippen LogP contribution in [0.15, 0.2) is 29.2 Å². The van der Waals surface area contributed by atoms with Gasteiger partial charge in [0, 0.05) is 13.1 Å². The lowest BCUT2D eigenvalue weighted by Crippen LogP contribution is -2.60. The lowest BCUT2D eigenvalue weighted by atomic mass is 10.1. The van der Waals surface area contributed by atoms with E-state index in [2.05, 4.69) is 10.1 Å². The molecule has 1 aromatic rings. The fourth-order valence-corrected chi connectivity index (χ4v) is 3.31. The summed E-state index contributed by atoms with van der Waals surface area (Å²) >= 11 is 0. The second-order valence-electron chi connectivity index (χ2n) is 5.50. The standard InChI is InChI=1S/C15H19N3O6S/c1-10-3-5-11(6-4-10)25(22,23)17-15(21)18-8-7-16-14(20)12(18)9-13(19)24-2/h3-6,12H,7-9H2,1-2H3,(H,16,20)(H,17,21)/t12-/m1/s1. The summed E-state index contributed by atoms with van der Waals surface area (Å²) in [6, 6.07) is 3.86. The van der Waals surface area contributed by atoms with Crippen molar-refractivity contribution in [3.8, 4) is 0 Å². The molecular formula is C15H19N3O6S. The van der Waals surface area contributed by atoms with Crippen molar-refractivity contribution in [2.24, 2.45) is 0 Å². The van der Waals surface area contributed by atoms with Gasteiger partial charge in [-0.15, -0.1) is 0 Å². The molecule has 9 nitrogen and oxygen atoms in total. The van der Waals surface area contributed by atoms with Gasteiger partial charge in [-0.25, -0.2) is 17.9 Å². The minimum Gasteiger partial charge on any atom is -0.469 e. The minimum atomic E-state index is -4.09. The van der Waals surface area contributed by atoms with E-state index in [4.69, 9.17) is 0 Å². The molecule has 0 saturated carbocycles. The van der Waals surface area contributed by atoms with Crippen LogP contribution in [-0.2, 0) is 24.3 Å². The Morgan fingerprint density at radius 3 is 2.56 bits per heavy atom. The van der Waals surface area contributed by atoms with E-state index in [1.54, 1.807) is 19.1 Å². The van der Waals surface area contributed by atoms with E-state index < -0.39 is 34.0 Å². The number of nitrogens with one attached hydrogen (secondary N) is 2. The van der Waals surface area contributed by atoms with Crippen molar-refractivity contribution in [1.82, 2.24) is 14.9 Å². The third-order valence-corrected chi connectivity index (χ3v) is 5.07. The highest BCUT2D eigenvalue weighted by molar-refractivity contribution is 7.90. The molecule has 10 heteroatoms. The maximum atomic E-state index is 12.4. The van der Waals surface area contributed by atoms with Crippen LogP contribution in [0.25, 0.3) is 0 Å². The quantitative estimate of drug-likeness (QED) is 0.706. The fourth-order valence-electron chi connectivity index (χ4n) is 2.35. The van der Waals surface area contributed by atoms with Crippen molar-refractivity contribution in [2.45, 2.75) is 24.3 Å². The summed E-state index contributed by atoms with van der Waals surface area (Å²) in [6.45, 7) is 2.04. The monoisotopic (exact) mass is 369 g/mol. The van der Waals surface area contributed by atoms with Gasteiger partial charge in [-0.1, -0.05) is 17.7 Å². The third-order valence-electron chi connectivity index (χ3n) is 3.73. The molecule has 25 heavy (non-hydrogen) atoms. The summed E-state index contributed by atoms with van der Waals surface area (Å²) in [5, 5.41) is 2.53. The molecule has 1 aliphatic rings. The van der Waals surface area contributed by atoms with Crippen LogP contribution in [-0.4, -0.2) is 57.5 Å². The molecule has 1 fully saturated rings. The molecule has 1 aromatic carbocycles. The molecule has 0 unspecified atom stereocenters. The average molecular weight is 369 g/mol. The van der Waals surface area contributed by atoms with Crippen molar-refractivity contribution in [3.05, 3.63) is 29.8 Å². The van der Waals surface area contributed by atoms with Crippen LogP contribution in [0.2, 0.25) is 0 Å². The Morgan fingerprint density at radius 1 is 1.32 bits per heavy atom. The normalized spacial score (nSPS) is 17.6. The van der Waals surface area contributed by atoms with Crippen LogP contribution in [0, 0.1) is 6.92 Å². The number of amides is 3. The van der Waals surface area contributed by atoms with Gasteiger partial charge in [0.05, 0.1) is 18.4 Å². The molecule has 0 aliphatic carbocycles. The Morgan fingerprint density at radius 2 is 1.96 bits per heavy atom. The predicted octanol–water partition coefficient (Wildman–Crippen LogP) is -0.243. The van der Waals surface area contributed by atoms with Crippen LogP contribution in [0.1, 0.15) is 12.0 Å². The molecule has 2 N–H and O–H groups in total. The number of hydrogen-bond donors (Lipinski definition) is 2. The van der Waals surface area contributed by atoms with Crippen LogP contribution < -0.4 is 10.0 Å². The van der Waals surface area contributed by atoms with E-state index >= 15 is 0 Å².